The topological polar surface area (TPSA) is 44.4 Å². The highest BCUT2D eigenvalue weighted by molar-refractivity contribution is 5.92. The molecule has 1 aliphatic heterocycles. The Labute approximate surface area is 143 Å². The van der Waals surface area contributed by atoms with Gasteiger partial charge in [0.2, 0.25) is 5.91 Å². The molecule has 4 nitrogen and oxygen atoms in total. The van der Waals surface area contributed by atoms with E-state index in [9.17, 15) is 18.0 Å². The number of halogens is 3. The van der Waals surface area contributed by atoms with E-state index in [0.717, 1.165) is 17.7 Å². The van der Waals surface area contributed by atoms with Crippen molar-refractivity contribution in [3.05, 3.63) is 65.5 Å². The number of hydrogen-bond acceptors (Lipinski definition) is 3. The Morgan fingerprint density at radius 3 is 2.72 bits per heavy atom. The molecule has 1 fully saturated rings. The molecule has 2 aromatic carbocycles. The van der Waals surface area contributed by atoms with Gasteiger partial charge < -0.3 is 10.6 Å². The fraction of sp³-hybridized carbons (Fsp3) is 0.278. The number of nitrogens with one attached hydrogen (secondary N) is 2. The van der Waals surface area contributed by atoms with Crippen LogP contribution in [0.15, 0.2) is 42.5 Å². The SMILES string of the molecule is O=C(CN1CCNCC1c1cccc(F)c1)Nc1ccc(F)cc1F. The molecule has 0 aromatic heterocycles. The third kappa shape index (κ3) is 4.37. The largest absolute Gasteiger partial charge is 0.322 e. The van der Waals surface area contributed by atoms with Gasteiger partial charge in [0.1, 0.15) is 17.5 Å². The number of carbonyl (C=O) groups is 1. The molecule has 2 aromatic rings. The third-order valence-corrected chi connectivity index (χ3v) is 4.14. The number of rotatable bonds is 4. The average Bonchev–Trinajstić information content (AvgIpc) is 2.58. The first kappa shape index (κ1) is 17.4. The Bertz CT molecular complexity index is 769. The van der Waals surface area contributed by atoms with Gasteiger partial charge in [-0.15, -0.1) is 0 Å². The van der Waals surface area contributed by atoms with Crippen molar-refractivity contribution < 1.29 is 18.0 Å². The molecule has 1 amide bonds. The molecule has 132 valence electrons. The van der Waals surface area contributed by atoms with E-state index in [0.29, 0.717) is 19.6 Å². The first-order valence-corrected chi connectivity index (χ1v) is 7.98. The number of anilines is 1. The van der Waals surface area contributed by atoms with Crippen molar-refractivity contribution in [1.29, 1.82) is 0 Å². The van der Waals surface area contributed by atoms with Gasteiger partial charge in [0.25, 0.3) is 0 Å². The summed E-state index contributed by atoms with van der Waals surface area (Å²) in [5, 5.41) is 5.67. The minimum Gasteiger partial charge on any atom is -0.322 e. The maximum atomic E-state index is 13.7. The van der Waals surface area contributed by atoms with Crippen LogP contribution in [0, 0.1) is 17.5 Å². The molecule has 0 aliphatic carbocycles. The standard InChI is InChI=1S/C18H18F3N3O/c19-13-3-1-2-12(8-13)17-10-22-6-7-24(17)11-18(25)23-16-5-4-14(20)9-15(16)21/h1-5,8-9,17,22H,6-7,10-11H2,(H,23,25). The first-order chi connectivity index (χ1) is 12.0. The van der Waals surface area contributed by atoms with Crippen LogP contribution in [0.1, 0.15) is 11.6 Å². The van der Waals surface area contributed by atoms with Crippen LogP contribution in [-0.2, 0) is 4.79 Å². The molecule has 0 saturated carbocycles. The molecule has 1 aliphatic rings. The highest BCUT2D eigenvalue weighted by atomic mass is 19.1. The Morgan fingerprint density at radius 2 is 1.96 bits per heavy atom. The van der Waals surface area contributed by atoms with Gasteiger partial charge in [-0.2, -0.15) is 0 Å². The van der Waals surface area contributed by atoms with Gasteiger partial charge in [-0.05, 0) is 29.8 Å². The second-order valence-corrected chi connectivity index (χ2v) is 5.92. The van der Waals surface area contributed by atoms with E-state index < -0.39 is 17.5 Å². The van der Waals surface area contributed by atoms with Crippen LogP contribution >= 0.6 is 0 Å². The summed E-state index contributed by atoms with van der Waals surface area (Å²) in [4.78, 5) is 14.2. The van der Waals surface area contributed by atoms with E-state index in [4.69, 9.17) is 0 Å². The van der Waals surface area contributed by atoms with Gasteiger partial charge in [-0.25, -0.2) is 13.2 Å². The van der Waals surface area contributed by atoms with Crippen LogP contribution in [0.5, 0.6) is 0 Å². The van der Waals surface area contributed by atoms with Crippen molar-refractivity contribution in [2.24, 2.45) is 0 Å². The summed E-state index contributed by atoms with van der Waals surface area (Å²) in [6.45, 7) is 1.91. The zero-order valence-electron chi connectivity index (χ0n) is 13.4. The Morgan fingerprint density at radius 1 is 1.16 bits per heavy atom. The second-order valence-electron chi connectivity index (χ2n) is 5.92. The molecule has 25 heavy (non-hydrogen) atoms. The molecule has 1 atom stereocenters. The van der Waals surface area contributed by atoms with Gasteiger partial charge in [-0.1, -0.05) is 12.1 Å². The lowest BCUT2D eigenvalue weighted by atomic mass is 10.0. The van der Waals surface area contributed by atoms with E-state index in [1.165, 1.54) is 18.2 Å². The molecular formula is C18H18F3N3O. The summed E-state index contributed by atoms with van der Waals surface area (Å²) in [6.07, 6.45) is 0. The number of carbonyl (C=O) groups excluding carboxylic acids is 1. The minimum absolute atomic E-state index is 0.0275. The van der Waals surface area contributed by atoms with Gasteiger partial charge in [-0.3, -0.25) is 9.69 Å². The number of benzene rings is 2. The molecule has 2 N–H and O–H groups in total. The summed E-state index contributed by atoms with van der Waals surface area (Å²) in [5.41, 5.74) is 0.705. The average molecular weight is 349 g/mol. The van der Waals surface area contributed by atoms with E-state index in [2.05, 4.69) is 10.6 Å². The predicted octanol–water partition coefficient (Wildman–Crippen LogP) is 2.69. The summed E-state index contributed by atoms with van der Waals surface area (Å²) < 4.78 is 40.1. The highest BCUT2D eigenvalue weighted by Gasteiger charge is 2.26. The van der Waals surface area contributed by atoms with Gasteiger partial charge >= 0.3 is 0 Å². The maximum Gasteiger partial charge on any atom is 0.238 e. The molecule has 0 spiro atoms. The van der Waals surface area contributed by atoms with Gasteiger partial charge in [0, 0.05) is 31.7 Å². The van der Waals surface area contributed by atoms with Crippen molar-refractivity contribution in [2.75, 3.05) is 31.5 Å². The van der Waals surface area contributed by atoms with Crippen LogP contribution in [-0.4, -0.2) is 37.0 Å². The van der Waals surface area contributed by atoms with Gasteiger partial charge in [0.05, 0.1) is 12.2 Å². The molecule has 1 unspecified atom stereocenters. The number of piperazine rings is 1. The molecule has 0 bridgehead atoms. The molecular weight excluding hydrogens is 331 g/mol. The van der Waals surface area contributed by atoms with Crippen LogP contribution in [0.3, 0.4) is 0 Å². The lowest BCUT2D eigenvalue weighted by molar-refractivity contribution is -0.118. The normalized spacial score (nSPS) is 18.1. The lowest BCUT2D eigenvalue weighted by Gasteiger charge is -2.36. The Balaban J connectivity index is 1.69. The van der Waals surface area contributed by atoms with Crippen LogP contribution in [0.2, 0.25) is 0 Å². The fourth-order valence-electron chi connectivity index (χ4n) is 2.94. The van der Waals surface area contributed by atoms with E-state index in [1.807, 2.05) is 11.0 Å². The monoisotopic (exact) mass is 349 g/mol. The van der Waals surface area contributed by atoms with Crippen molar-refractivity contribution in [3.63, 3.8) is 0 Å². The van der Waals surface area contributed by atoms with E-state index in [-0.39, 0.29) is 24.1 Å². The van der Waals surface area contributed by atoms with Crippen LogP contribution in [0.4, 0.5) is 18.9 Å². The third-order valence-electron chi connectivity index (χ3n) is 4.14. The van der Waals surface area contributed by atoms with Gasteiger partial charge in [0.15, 0.2) is 0 Å². The fourth-order valence-corrected chi connectivity index (χ4v) is 2.94. The Hall–Kier alpha value is -2.38. The van der Waals surface area contributed by atoms with Crippen molar-refractivity contribution in [2.45, 2.75) is 6.04 Å². The number of hydrogen-bond donors (Lipinski definition) is 2. The van der Waals surface area contributed by atoms with Crippen molar-refractivity contribution in [3.8, 4) is 0 Å². The molecule has 1 heterocycles. The van der Waals surface area contributed by atoms with Crippen LogP contribution < -0.4 is 10.6 Å². The van der Waals surface area contributed by atoms with Crippen molar-refractivity contribution in [1.82, 2.24) is 10.2 Å². The van der Waals surface area contributed by atoms with E-state index in [1.54, 1.807) is 6.07 Å². The molecule has 0 radical (unpaired) electrons. The zero-order valence-corrected chi connectivity index (χ0v) is 13.4. The number of nitrogens with zero attached hydrogens (tertiary/aromatic N) is 1. The first-order valence-electron chi connectivity index (χ1n) is 7.98. The molecule has 3 rings (SSSR count). The molecule has 1 saturated heterocycles. The summed E-state index contributed by atoms with van der Waals surface area (Å²) in [7, 11) is 0. The second kappa shape index (κ2) is 7.67. The number of amides is 1. The maximum absolute atomic E-state index is 13.7. The lowest BCUT2D eigenvalue weighted by Crippen LogP contribution is -2.48. The zero-order chi connectivity index (χ0) is 17.8. The quantitative estimate of drug-likeness (QED) is 0.892. The summed E-state index contributed by atoms with van der Waals surface area (Å²) >= 11 is 0. The van der Waals surface area contributed by atoms with Crippen LogP contribution in [0.25, 0.3) is 0 Å². The minimum atomic E-state index is -0.824. The molecule has 7 heteroatoms. The Kier molecular flexibility index (Phi) is 5.35. The summed E-state index contributed by atoms with van der Waals surface area (Å²) in [6, 6.07) is 9.08. The van der Waals surface area contributed by atoms with Crippen molar-refractivity contribution >= 4 is 11.6 Å². The predicted molar refractivity (Wildman–Crippen MR) is 88.6 cm³/mol. The summed E-state index contributed by atoms with van der Waals surface area (Å²) in [5.74, 6) is -2.27. The van der Waals surface area contributed by atoms with E-state index >= 15 is 0 Å². The smallest absolute Gasteiger partial charge is 0.238 e. The highest BCUT2D eigenvalue weighted by Crippen LogP contribution is 2.23.